The quantitative estimate of drug-likeness (QED) is 0.189. The van der Waals surface area contributed by atoms with E-state index in [9.17, 15) is 33.4 Å². The molecule has 0 radical (unpaired) electrons. The van der Waals surface area contributed by atoms with E-state index < -0.39 is 32.5 Å². The molecule has 12 nitrogen and oxygen atoms in total. The van der Waals surface area contributed by atoms with Gasteiger partial charge in [0.1, 0.15) is 0 Å². The van der Waals surface area contributed by atoms with E-state index in [2.05, 4.69) is 4.98 Å². The Morgan fingerprint density at radius 2 is 1.92 bits per heavy atom. The minimum absolute atomic E-state index is 0.0165. The molecule has 1 aromatic heterocycles. The van der Waals surface area contributed by atoms with Gasteiger partial charge in [-0.15, -0.1) is 0 Å². The van der Waals surface area contributed by atoms with Crippen LogP contribution >= 0.6 is 26.6 Å². The predicted molar refractivity (Wildman–Crippen MR) is 137 cm³/mol. The topological polar surface area (TPSA) is 192 Å². The Kier molecular flexibility index (Phi) is 10.9. The van der Waals surface area contributed by atoms with E-state index in [-0.39, 0.29) is 25.5 Å². The molecule has 0 saturated carbocycles. The largest absolute Gasteiger partial charge is 0.449 e. The molecule has 36 heavy (non-hydrogen) atoms. The third-order valence-electron chi connectivity index (χ3n) is 5.24. The van der Waals surface area contributed by atoms with Crippen molar-refractivity contribution in [1.29, 1.82) is 0 Å². The molecule has 2 amide bonds. The predicted octanol–water partition coefficient (Wildman–Crippen LogP) is 3.22. The Morgan fingerprint density at radius 3 is 2.53 bits per heavy atom. The normalized spacial score (nSPS) is 15.1. The molecule has 0 aliphatic heterocycles. The molecule has 1 aromatic carbocycles. The number of pyridine rings is 1. The number of nitrogens with zero attached hydrogens (tertiary/aromatic N) is 2. The lowest BCUT2D eigenvalue weighted by Gasteiger charge is -2.29. The molecule has 0 fully saturated rings. The molecular weight excluding hydrogens is 534 g/mol. The number of ether oxygens (including phenoxy) is 1. The van der Waals surface area contributed by atoms with Gasteiger partial charge < -0.3 is 30.5 Å². The maximum atomic E-state index is 13.1. The number of halogens is 1. The summed E-state index contributed by atoms with van der Waals surface area (Å²) in [5.74, 6) is -0.860. The monoisotopic (exact) mass is 564 g/mol. The van der Waals surface area contributed by atoms with E-state index in [0.717, 1.165) is 6.66 Å². The third-order valence-corrected chi connectivity index (χ3v) is 9.47. The van der Waals surface area contributed by atoms with Gasteiger partial charge in [0.25, 0.3) is 0 Å². The van der Waals surface area contributed by atoms with Crippen LogP contribution in [0.4, 0.5) is 10.5 Å². The summed E-state index contributed by atoms with van der Waals surface area (Å²) in [6.07, 6.45) is 1.90. The number of anilines is 1. The molecule has 2 rings (SSSR count). The summed E-state index contributed by atoms with van der Waals surface area (Å²) < 4.78 is 28.6. The van der Waals surface area contributed by atoms with Gasteiger partial charge in [-0.3, -0.25) is 23.8 Å². The Bertz CT molecular complexity index is 1150. The molecule has 0 aliphatic carbocycles. The van der Waals surface area contributed by atoms with Crippen molar-refractivity contribution in [1.82, 2.24) is 10.3 Å². The number of amides is 2. The molecule has 1 heterocycles. The number of rotatable bonds is 12. The van der Waals surface area contributed by atoms with Crippen LogP contribution in [0.3, 0.4) is 0 Å². The van der Waals surface area contributed by atoms with E-state index in [1.54, 1.807) is 30.5 Å². The molecule has 15 heteroatoms. The number of hydrogen-bond acceptors (Lipinski definition) is 7. The maximum Gasteiger partial charge on any atom is 0.414 e. The Hall–Kier alpha value is -2.04. The van der Waals surface area contributed by atoms with Crippen LogP contribution in [-0.2, 0) is 18.7 Å². The smallest absolute Gasteiger partial charge is 0.414 e. The lowest BCUT2D eigenvalue weighted by molar-refractivity contribution is -0.121. The fraction of sp³-hybridized carbons (Fsp3) is 0.476. The Balaban J connectivity index is 2.10. The number of nitrogens with two attached hydrogens (primary N) is 1. The SMILES string of the molecule is CC(CCCN)N(C(=O)OCCCC(=O)NC(P(C)(=O)O)P(=O)(O)O)c1ccnc2cc(Cl)ccc12. The van der Waals surface area contributed by atoms with Crippen molar-refractivity contribution in [2.24, 2.45) is 5.73 Å². The van der Waals surface area contributed by atoms with Crippen LogP contribution in [0.25, 0.3) is 10.9 Å². The van der Waals surface area contributed by atoms with Crippen molar-refractivity contribution in [2.75, 3.05) is 24.7 Å². The zero-order valence-electron chi connectivity index (χ0n) is 19.9. The Morgan fingerprint density at radius 1 is 1.22 bits per heavy atom. The first kappa shape index (κ1) is 30.2. The summed E-state index contributed by atoms with van der Waals surface area (Å²) in [4.78, 5) is 59.0. The highest BCUT2D eigenvalue weighted by Gasteiger charge is 2.41. The Labute approximate surface area is 213 Å². The summed E-state index contributed by atoms with van der Waals surface area (Å²) in [7, 11) is -9.36. The third kappa shape index (κ3) is 8.52. The van der Waals surface area contributed by atoms with Gasteiger partial charge in [0.15, 0.2) is 0 Å². The number of carbonyl (C=O) groups is 2. The van der Waals surface area contributed by atoms with Crippen molar-refractivity contribution >= 4 is 55.2 Å². The van der Waals surface area contributed by atoms with Gasteiger partial charge in [0.05, 0.1) is 17.8 Å². The molecule has 2 aromatic rings. The first-order valence-electron chi connectivity index (χ1n) is 11.1. The number of nitrogens with one attached hydrogen (secondary N) is 1. The van der Waals surface area contributed by atoms with Crippen molar-refractivity contribution in [3.63, 3.8) is 0 Å². The van der Waals surface area contributed by atoms with Gasteiger partial charge in [0.2, 0.25) is 18.8 Å². The van der Waals surface area contributed by atoms with Crippen molar-refractivity contribution in [3.8, 4) is 0 Å². The maximum absolute atomic E-state index is 13.1. The molecule has 6 N–H and O–H groups in total. The highest BCUT2D eigenvalue weighted by atomic mass is 35.5. The zero-order chi connectivity index (χ0) is 27.1. The molecule has 0 saturated heterocycles. The fourth-order valence-electron chi connectivity index (χ4n) is 3.54. The summed E-state index contributed by atoms with van der Waals surface area (Å²) in [5.41, 5.74) is 4.59. The van der Waals surface area contributed by atoms with Crippen molar-refractivity contribution in [2.45, 2.75) is 44.2 Å². The van der Waals surface area contributed by atoms with E-state index in [0.29, 0.717) is 41.0 Å². The van der Waals surface area contributed by atoms with E-state index in [1.165, 1.54) is 4.90 Å². The average molecular weight is 565 g/mol. The highest BCUT2D eigenvalue weighted by Crippen LogP contribution is 2.58. The van der Waals surface area contributed by atoms with Crippen LogP contribution < -0.4 is 16.0 Å². The van der Waals surface area contributed by atoms with Crippen LogP contribution in [0, 0.1) is 0 Å². The number of aromatic nitrogens is 1. The first-order valence-corrected chi connectivity index (χ1v) is 15.3. The molecular formula is C21H31ClN4O8P2. The van der Waals surface area contributed by atoms with Gasteiger partial charge >= 0.3 is 13.7 Å². The van der Waals surface area contributed by atoms with Crippen LogP contribution in [0.5, 0.6) is 0 Å². The van der Waals surface area contributed by atoms with E-state index in [4.69, 9.17) is 22.1 Å². The highest BCUT2D eigenvalue weighted by molar-refractivity contribution is 7.73. The van der Waals surface area contributed by atoms with Crippen LogP contribution in [-0.4, -0.2) is 63.0 Å². The fourth-order valence-corrected chi connectivity index (χ4v) is 6.63. The summed E-state index contributed by atoms with van der Waals surface area (Å²) in [6, 6.07) is 6.53. The first-order chi connectivity index (χ1) is 16.8. The van der Waals surface area contributed by atoms with E-state index >= 15 is 0 Å². The van der Waals surface area contributed by atoms with Crippen LogP contribution in [0.15, 0.2) is 30.5 Å². The summed E-state index contributed by atoms with van der Waals surface area (Å²) in [5, 5.41) is 3.09. The van der Waals surface area contributed by atoms with Gasteiger partial charge in [0, 0.05) is 35.7 Å². The minimum Gasteiger partial charge on any atom is -0.449 e. The second kappa shape index (κ2) is 13.0. The number of carbonyl (C=O) groups excluding carboxylic acids is 2. The number of benzene rings is 1. The second-order valence-corrected chi connectivity index (χ2v) is 13.3. The number of hydrogen-bond donors (Lipinski definition) is 5. The molecule has 0 aliphatic rings. The average Bonchev–Trinajstić information content (AvgIpc) is 2.77. The van der Waals surface area contributed by atoms with Crippen LogP contribution in [0.2, 0.25) is 5.02 Å². The minimum atomic E-state index is -5.06. The molecule has 0 spiro atoms. The van der Waals surface area contributed by atoms with Gasteiger partial charge in [-0.05, 0) is 57.0 Å². The summed E-state index contributed by atoms with van der Waals surface area (Å²) >= 11 is 6.07. The van der Waals surface area contributed by atoms with Crippen LogP contribution in [0.1, 0.15) is 32.6 Å². The number of fused-ring (bicyclic) bond motifs is 1. The van der Waals surface area contributed by atoms with Gasteiger partial charge in [-0.2, -0.15) is 0 Å². The second-order valence-electron chi connectivity index (χ2n) is 8.33. The summed E-state index contributed by atoms with van der Waals surface area (Å²) in [6.45, 7) is 2.87. The molecule has 3 atom stereocenters. The van der Waals surface area contributed by atoms with Gasteiger partial charge in [-0.1, -0.05) is 11.6 Å². The van der Waals surface area contributed by atoms with Crippen molar-refractivity contribution in [3.05, 3.63) is 35.5 Å². The molecule has 3 unspecified atom stereocenters. The lowest BCUT2D eigenvalue weighted by Crippen LogP contribution is -2.40. The van der Waals surface area contributed by atoms with Crippen molar-refractivity contribution < 1.29 is 38.1 Å². The standard InChI is InChI=1S/C21H31ClN4O8P2/c1-14(5-3-10-23)26(18-9-11-24-17-13-15(22)7-8-16(17)18)21(28)34-12-4-6-19(27)25-20(35(2,29)30)36(31,32)33/h7-9,11,13-14,20H,3-6,10,12,23H2,1-2H3,(H,25,27)(H,29,30)(H2,31,32,33). The lowest BCUT2D eigenvalue weighted by atomic mass is 10.1. The van der Waals surface area contributed by atoms with Gasteiger partial charge in [-0.25, -0.2) is 4.79 Å². The zero-order valence-corrected chi connectivity index (χ0v) is 22.5. The van der Waals surface area contributed by atoms with E-state index in [1.807, 2.05) is 12.2 Å². The molecule has 0 bridgehead atoms. The molecule has 200 valence electrons.